The average molecular weight is 432 g/mol. The first-order valence-electron chi connectivity index (χ1n) is 11.1. The molecule has 0 aliphatic carbocycles. The molecule has 0 spiro atoms. The van der Waals surface area contributed by atoms with E-state index in [0.29, 0.717) is 19.4 Å². The summed E-state index contributed by atoms with van der Waals surface area (Å²) in [5.41, 5.74) is 5.64. The van der Waals surface area contributed by atoms with Gasteiger partial charge in [-0.25, -0.2) is 0 Å². The highest BCUT2D eigenvalue weighted by atomic mass is 28.3. The van der Waals surface area contributed by atoms with Gasteiger partial charge in [-0.3, -0.25) is 4.79 Å². The van der Waals surface area contributed by atoms with Gasteiger partial charge < -0.3 is 10.1 Å². The molecule has 0 aromatic heterocycles. The summed E-state index contributed by atoms with van der Waals surface area (Å²) in [6.07, 6.45) is 2.13. The van der Waals surface area contributed by atoms with Crippen LogP contribution >= 0.6 is 0 Å². The fourth-order valence-corrected chi connectivity index (χ4v) is 4.61. The van der Waals surface area contributed by atoms with Gasteiger partial charge in [0.25, 0.3) is 0 Å². The van der Waals surface area contributed by atoms with Gasteiger partial charge in [-0.15, -0.1) is 0 Å². The third-order valence-electron chi connectivity index (χ3n) is 5.19. The van der Waals surface area contributed by atoms with Crippen molar-refractivity contribution in [2.75, 3.05) is 11.9 Å². The Kier molecular flexibility index (Phi) is 8.07. The van der Waals surface area contributed by atoms with Crippen molar-refractivity contribution in [1.29, 1.82) is 0 Å². The second-order valence-electron chi connectivity index (χ2n) is 9.15. The lowest BCUT2D eigenvalue weighted by Crippen LogP contribution is -2.20. The van der Waals surface area contributed by atoms with E-state index in [1.165, 1.54) is 17.2 Å². The SMILES string of the molecule is C[Si](C)(C)CCCOC(=O)CCc1ccc(-c2ccc(Nc3ccccc3)cc2)cc1. The van der Waals surface area contributed by atoms with Crippen LogP contribution in [0.3, 0.4) is 0 Å². The number of hydrogen-bond acceptors (Lipinski definition) is 3. The van der Waals surface area contributed by atoms with Gasteiger partial charge in [0.15, 0.2) is 0 Å². The van der Waals surface area contributed by atoms with Crippen LogP contribution in [-0.2, 0) is 16.0 Å². The van der Waals surface area contributed by atoms with Gasteiger partial charge in [-0.05, 0) is 53.8 Å². The lowest BCUT2D eigenvalue weighted by atomic mass is 10.0. The fourth-order valence-electron chi connectivity index (χ4n) is 3.41. The van der Waals surface area contributed by atoms with E-state index < -0.39 is 8.07 Å². The van der Waals surface area contributed by atoms with Crippen LogP contribution in [0.2, 0.25) is 25.7 Å². The van der Waals surface area contributed by atoms with Gasteiger partial charge in [0, 0.05) is 25.9 Å². The van der Waals surface area contributed by atoms with Crippen molar-refractivity contribution in [2.24, 2.45) is 0 Å². The molecule has 0 unspecified atom stereocenters. The Labute approximate surface area is 187 Å². The standard InChI is InChI=1S/C27H33NO2Si/c1-31(2,3)21-7-20-30-27(29)19-12-22-10-13-23(14-11-22)24-15-17-26(18-16-24)28-25-8-5-4-6-9-25/h4-6,8-11,13-18,28H,7,12,19-21H2,1-3H3. The quantitative estimate of drug-likeness (QED) is 0.208. The molecule has 4 heteroatoms. The van der Waals surface area contributed by atoms with E-state index in [2.05, 4.69) is 85.6 Å². The van der Waals surface area contributed by atoms with E-state index in [4.69, 9.17) is 4.74 Å². The topological polar surface area (TPSA) is 38.3 Å². The minimum absolute atomic E-state index is 0.0962. The lowest BCUT2D eigenvalue weighted by molar-refractivity contribution is -0.143. The van der Waals surface area contributed by atoms with Crippen molar-refractivity contribution in [3.8, 4) is 11.1 Å². The Balaban J connectivity index is 1.46. The number of rotatable bonds is 10. The van der Waals surface area contributed by atoms with Gasteiger partial charge in [0.05, 0.1) is 6.61 Å². The molecule has 0 bridgehead atoms. The third-order valence-corrected chi connectivity index (χ3v) is 7.04. The molecule has 0 atom stereocenters. The highest BCUT2D eigenvalue weighted by Crippen LogP contribution is 2.24. The molecule has 0 aliphatic rings. The molecule has 0 aliphatic heterocycles. The van der Waals surface area contributed by atoms with E-state index in [-0.39, 0.29) is 5.97 Å². The van der Waals surface area contributed by atoms with Crippen molar-refractivity contribution in [1.82, 2.24) is 0 Å². The largest absolute Gasteiger partial charge is 0.466 e. The van der Waals surface area contributed by atoms with Gasteiger partial charge >= 0.3 is 5.97 Å². The van der Waals surface area contributed by atoms with Crippen LogP contribution in [0.5, 0.6) is 0 Å². The smallest absolute Gasteiger partial charge is 0.306 e. The number of ether oxygens (including phenoxy) is 1. The summed E-state index contributed by atoms with van der Waals surface area (Å²) in [5.74, 6) is -0.0962. The molecule has 162 valence electrons. The van der Waals surface area contributed by atoms with Crippen LogP contribution in [0, 0.1) is 0 Å². The molecule has 0 amide bonds. The molecule has 0 radical (unpaired) electrons. The third kappa shape index (κ3) is 8.06. The summed E-state index contributed by atoms with van der Waals surface area (Å²) in [6, 6.07) is 28.2. The van der Waals surface area contributed by atoms with Crippen LogP contribution < -0.4 is 5.32 Å². The maximum absolute atomic E-state index is 12.0. The van der Waals surface area contributed by atoms with E-state index in [1.807, 2.05) is 18.2 Å². The van der Waals surface area contributed by atoms with Gasteiger partial charge in [0.1, 0.15) is 0 Å². The number of carbonyl (C=O) groups excluding carboxylic acids is 1. The molecule has 0 fully saturated rings. The number of benzene rings is 3. The molecule has 0 saturated heterocycles. The molecule has 3 rings (SSSR count). The summed E-state index contributed by atoms with van der Waals surface area (Å²) in [5, 5.41) is 3.40. The van der Waals surface area contributed by atoms with E-state index in [9.17, 15) is 4.79 Å². The Morgan fingerprint density at radius 2 is 1.39 bits per heavy atom. The van der Waals surface area contributed by atoms with Crippen LogP contribution in [0.15, 0.2) is 78.9 Å². The number of para-hydroxylation sites is 1. The van der Waals surface area contributed by atoms with Crippen molar-refractivity contribution in [3.63, 3.8) is 0 Å². The normalized spacial score (nSPS) is 11.2. The predicted molar refractivity (Wildman–Crippen MR) is 134 cm³/mol. The number of esters is 1. The monoisotopic (exact) mass is 431 g/mol. The van der Waals surface area contributed by atoms with Crippen LogP contribution in [-0.4, -0.2) is 20.7 Å². The zero-order valence-corrected chi connectivity index (χ0v) is 19.9. The Morgan fingerprint density at radius 1 is 0.806 bits per heavy atom. The number of hydrogen-bond donors (Lipinski definition) is 1. The molecular formula is C27H33NO2Si. The van der Waals surface area contributed by atoms with E-state index in [1.54, 1.807) is 0 Å². The molecular weight excluding hydrogens is 398 g/mol. The molecule has 31 heavy (non-hydrogen) atoms. The Morgan fingerprint density at radius 3 is 2.00 bits per heavy atom. The van der Waals surface area contributed by atoms with Crippen molar-refractivity contribution < 1.29 is 9.53 Å². The summed E-state index contributed by atoms with van der Waals surface area (Å²) < 4.78 is 5.38. The number of anilines is 2. The maximum atomic E-state index is 12.0. The van der Waals surface area contributed by atoms with Crippen molar-refractivity contribution in [3.05, 3.63) is 84.4 Å². The zero-order chi connectivity index (χ0) is 22.1. The summed E-state index contributed by atoms with van der Waals surface area (Å²) >= 11 is 0. The minimum Gasteiger partial charge on any atom is -0.466 e. The Hall–Kier alpha value is -2.85. The van der Waals surface area contributed by atoms with Crippen molar-refractivity contribution in [2.45, 2.75) is 44.9 Å². The maximum Gasteiger partial charge on any atom is 0.306 e. The number of aryl methyl sites for hydroxylation is 1. The summed E-state index contributed by atoms with van der Waals surface area (Å²) in [7, 11) is -1.05. The Bertz CT molecular complexity index is 945. The molecule has 0 heterocycles. The average Bonchev–Trinajstić information content (AvgIpc) is 2.76. The van der Waals surface area contributed by atoms with Gasteiger partial charge in [0.2, 0.25) is 0 Å². The highest BCUT2D eigenvalue weighted by Gasteiger charge is 2.12. The van der Waals surface area contributed by atoms with Gasteiger partial charge in [-0.2, -0.15) is 0 Å². The number of carbonyl (C=O) groups is 1. The van der Waals surface area contributed by atoms with Crippen LogP contribution in [0.25, 0.3) is 11.1 Å². The molecule has 0 saturated carbocycles. The lowest BCUT2D eigenvalue weighted by Gasteiger charge is -2.15. The fraction of sp³-hybridized carbons (Fsp3) is 0.296. The highest BCUT2D eigenvalue weighted by molar-refractivity contribution is 6.76. The van der Waals surface area contributed by atoms with Crippen molar-refractivity contribution >= 4 is 25.4 Å². The minimum atomic E-state index is -1.05. The second kappa shape index (κ2) is 11.0. The molecule has 3 nitrogen and oxygen atoms in total. The summed E-state index contributed by atoms with van der Waals surface area (Å²) in [6.45, 7) is 7.58. The van der Waals surface area contributed by atoms with Crippen LogP contribution in [0.1, 0.15) is 18.4 Å². The summed E-state index contributed by atoms with van der Waals surface area (Å²) in [4.78, 5) is 12.0. The first-order chi connectivity index (χ1) is 14.9. The van der Waals surface area contributed by atoms with E-state index in [0.717, 1.165) is 23.4 Å². The van der Waals surface area contributed by atoms with Gasteiger partial charge in [-0.1, -0.05) is 80.3 Å². The van der Waals surface area contributed by atoms with Crippen LogP contribution in [0.4, 0.5) is 11.4 Å². The second-order valence-corrected chi connectivity index (χ2v) is 14.8. The van der Waals surface area contributed by atoms with E-state index >= 15 is 0 Å². The molecule has 3 aromatic carbocycles. The predicted octanol–water partition coefficient (Wildman–Crippen LogP) is 7.30. The molecule has 1 N–H and O–H groups in total. The first-order valence-corrected chi connectivity index (χ1v) is 14.8. The number of nitrogens with one attached hydrogen (secondary N) is 1. The first kappa shape index (κ1) is 22.8. The molecule has 3 aromatic rings. The zero-order valence-electron chi connectivity index (χ0n) is 18.9.